The number of hydrogen-bond acceptors (Lipinski definition) is 3. The molecule has 1 saturated carbocycles. The van der Waals surface area contributed by atoms with Gasteiger partial charge in [0, 0.05) is 23.4 Å². The highest BCUT2D eigenvalue weighted by Gasteiger charge is 2.24. The molecule has 1 aromatic rings. The molecule has 1 aliphatic rings. The molecule has 0 heterocycles. The van der Waals surface area contributed by atoms with E-state index in [1.165, 1.54) is 32.1 Å². The maximum absolute atomic E-state index is 11.0. The molecule has 0 aromatic heterocycles. The molecule has 2 atom stereocenters. The van der Waals surface area contributed by atoms with Crippen LogP contribution in [0.2, 0.25) is 0 Å². The molecule has 2 rings (SSSR count). The van der Waals surface area contributed by atoms with Crippen LogP contribution in [-0.2, 0) is 0 Å². The average Bonchev–Trinajstić information content (AvgIpc) is 2.41. The third kappa shape index (κ3) is 3.25. The highest BCUT2D eigenvalue weighted by Crippen LogP contribution is 2.30. The largest absolute Gasteiger partial charge is 0.382 e. The first-order valence-electron chi connectivity index (χ1n) is 7.13. The van der Waals surface area contributed by atoms with Gasteiger partial charge in [0.1, 0.15) is 0 Å². The number of nitro benzene ring substituents is 1. The Morgan fingerprint density at radius 2 is 2.11 bits per heavy atom. The van der Waals surface area contributed by atoms with Crippen LogP contribution >= 0.6 is 0 Å². The van der Waals surface area contributed by atoms with Crippen molar-refractivity contribution < 1.29 is 4.92 Å². The first-order valence-corrected chi connectivity index (χ1v) is 7.13. The summed E-state index contributed by atoms with van der Waals surface area (Å²) >= 11 is 0. The summed E-state index contributed by atoms with van der Waals surface area (Å²) in [4.78, 5) is 10.7. The number of aryl methyl sites for hydroxylation is 1. The third-order valence-electron chi connectivity index (χ3n) is 4.19. The molecular formula is C15H22N2O2. The lowest BCUT2D eigenvalue weighted by Crippen LogP contribution is -2.31. The maximum atomic E-state index is 11.0. The van der Waals surface area contributed by atoms with E-state index in [1.54, 1.807) is 13.0 Å². The van der Waals surface area contributed by atoms with Crippen molar-refractivity contribution in [1.29, 1.82) is 0 Å². The maximum Gasteiger partial charge on any atom is 0.274 e. The van der Waals surface area contributed by atoms with Crippen molar-refractivity contribution >= 4 is 11.4 Å². The normalized spacial score (nSPS) is 23.1. The van der Waals surface area contributed by atoms with Gasteiger partial charge < -0.3 is 5.32 Å². The molecule has 0 spiro atoms. The molecule has 1 aromatic carbocycles. The summed E-state index contributed by atoms with van der Waals surface area (Å²) < 4.78 is 0. The lowest BCUT2D eigenvalue weighted by molar-refractivity contribution is -0.385. The van der Waals surface area contributed by atoms with Gasteiger partial charge in [0.25, 0.3) is 5.69 Å². The van der Waals surface area contributed by atoms with E-state index in [2.05, 4.69) is 12.2 Å². The van der Waals surface area contributed by atoms with Gasteiger partial charge in [-0.3, -0.25) is 10.1 Å². The van der Waals surface area contributed by atoms with Gasteiger partial charge in [-0.1, -0.05) is 32.3 Å². The van der Waals surface area contributed by atoms with Gasteiger partial charge in [0.2, 0.25) is 0 Å². The first-order chi connectivity index (χ1) is 9.11. The van der Waals surface area contributed by atoms with Gasteiger partial charge in [0.15, 0.2) is 0 Å². The van der Waals surface area contributed by atoms with Crippen LogP contribution in [0, 0.1) is 23.0 Å². The van der Waals surface area contributed by atoms with Crippen molar-refractivity contribution in [2.24, 2.45) is 5.92 Å². The van der Waals surface area contributed by atoms with Crippen LogP contribution in [0.25, 0.3) is 0 Å². The number of benzene rings is 1. The fourth-order valence-corrected chi connectivity index (χ4v) is 3.00. The van der Waals surface area contributed by atoms with Gasteiger partial charge in [-0.05, 0) is 31.7 Å². The topological polar surface area (TPSA) is 55.2 Å². The van der Waals surface area contributed by atoms with Crippen LogP contribution in [0.5, 0.6) is 0 Å². The highest BCUT2D eigenvalue weighted by atomic mass is 16.6. The molecule has 0 bridgehead atoms. The number of hydrogen-bond donors (Lipinski definition) is 1. The molecule has 0 aliphatic heterocycles. The second kappa shape index (κ2) is 6.04. The van der Waals surface area contributed by atoms with E-state index in [1.807, 2.05) is 12.1 Å². The van der Waals surface area contributed by atoms with Crippen molar-refractivity contribution in [2.75, 3.05) is 5.32 Å². The molecule has 19 heavy (non-hydrogen) atoms. The molecule has 104 valence electrons. The Morgan fingerprint density at radius 1 is 1.37 bits per heavy atom. The molecular weight excluding hydrogens is 240 g/mol. The molecule has 0 radical (unpaired) electrons. The molecule has 0 saturated heterocycles. The standard InChI is InChI=1S/C15H22N2O2/c1-3-12-6-4-5-7-14(12)16-13-9-8-11(2)15(10-13)17(18)19/h8-10,12,14,16H,3-7H2,1-2H3. The van der Waals surface area contributed by atoms with Crippen LogP contribution in [0.15, 0.2) is 18.2 Å². The van der Waals surface area contributed by atoms with Crippen LogP contribution in [-0.4, -0.2) is 11.0 Å². The zero-order chi connectivity index (χ0) is 13.8. The molecule has 4 heteroatoms. The third-order valence-corrected chi connectivity index (χ3v) is 4.19. The predicted molar refractivity (Wildman–Crippen MR) is 77.5 cm³/mol. The number of nitrogens with one attached hydrogen (secondary N) is 1. The Labute approximate surface area is 114 Å². The Bertz CT molecular complexity index is 459. The van der Waals surface area contributed by atoms with E-state index in [0.717, 1.165) is 5.69 Å². The van der Waals surface area contributed by atoms with Crippen molar-refractivity contribution in [1.82, 2.24) is 0 Å². The minimum absolute atomic E-state index is 0.203. The van der Waals surface area contributed by atoms with E-state index >= 15 is 0 Å². The van der Waals surface area contributed by atoms with Crippen LogP contribution in [0.4, 0.5) is 11.4 Å². The summed E-state index contributed by atoms with van der Waals surface area (Å²) in [6.45, 7) is 4.00. The molecule has 4 nitrogen and oxygen atoms in total. The van der Waals surface area contributed by atoms with Crippen molar-refractivity contribution in [2.45, 2.75) is 52.0 Å². The van der Waals surface area contributed by atoms with E-state index in [-0.39, 0.29) is 10.6 Å². The SMILES string of the molecule is CCC1CCCCC1Nc1ccc(C)c([N+](=O)[O-])c1. The van der Waals surface area contributed by atoms with Gasteiger partial charge >= 0.3 is 0 Å². The van der Waals surface area contributed by atoms with Crippen LogP contribution in [0.1, 0.15) is 44.6 Å². The van der Waals surface area contributed by atoms with Crippen LogP contribution in [0.3, 0.4) is 0 Å². The Hall–Kier alpha value is -1.58. The zero-order valence-electron chi connectivity index (χ0n) is 11.7. The number of rotatable bonds is 4. The quantitative estimate of drug-likeness (QED) is 0.650. The minimum atomic E-state index is -0.307. The molecule has 0 amide bonds. The lowest BCUT2D eigenvalue weighted by Gasteiger charge is -2.32. The highest BCUT2D eigenvalue weighted by molar-refractivity contribution is 5.55. The Kier molecular flexibility index (Phi) is 4.40. The van der Waals surface area contributed by atoms with Crippen molar-refractivity contribution in [3.05, 3.63) is 33.9 Å². The Balaban J connectivity index is 2.14. The summed E-state index contributed by atoms with van der Waals surface area (Å²) in [6.07, 6.45) is 6.17. The van der Waals surface area contributed by atoms with Crippen LogP contribution < -0.4 is 5.32 Å². The van der Waals surface area contributed by atoms with Gasteiger partial charge in [-0.15, -0.1) is 0 Å². The smallest absolute Gasteiger partial charge is 0.274 e. The molecule has 1 aliphatic carbocycles. The summed E-state index contributed by atoms with van der Waals surface area (Å²) in [7, 11) is 0. The fourth-order valence-electron chi connectivity index (χ4n) is 3.00. The van der Waals surface area contributed by atoms with Crippen molar-refractivity contribution in [3.63, 3.8) is 0 Å². The second-order valence-corrected chi connectivity index (χ2v) is 5.46. The average molecular weight is 262 g/mol. The van der Waals surface area contributed by atoms with E-state index in [9.17, 15) is 10.1 Å². The fraction of sp³-hybridized carbons (Fsp3) is 0.600. The number of nitro groups is 1. The van der Waals surface area contributed by atoms with Gasteiger partial charge in [0.05, 0.1) is 4.92 Å². The Morgan fingerprint density at radius 3 is 2.79 bits per heavy atom. The summed E-state index contributed by atoms with van der Waals surface area (Å²) in [5, 5.41) is 14.5. The predicted octanol–water partition coefficient (Wildman–Crippen LogP) is 4.28. The molecule has 2 unspecified atom stereocenters. The van der Waals surface area contributed by atoms with Gasteiger partial charge in [-0.25, -0.2) is 0 Å². The van der Waals surface area contributed by atoms with Gasteiger partial charge in [-0.2, -0.15) is 0 Å². The summed E-state index contributed by atoms with van der Waals surface area (Å²) in [6, 6.07) is 5.89. The number of anilines is 1. The number of nitrogens with zero attached hydrogens (tertiary/aromatic N) is 1. The zero-order valence-corrected chi connectivity index (χ0v) is 11.7. The monoisotopic (exact) mass is 262 g/mol. The summed E-state index contributed by atoms with van der Waals surface area (Å²) in [5.41, 5.74) is 1.79. The first kappa shape index (κ1) is 13.8. The molecule has 1 N–H and O–H groups in total. The van der Waals surface area contributed by atoms with E-state index < -0.39 is 0 Å². The second-order valence-electron chi connectivity index (χ2n) is 5.46. The molecule has 1 fully saturated rings. The lowest BCUT2D eigenvalue weighted by atomic mass is 9.83. The minimum Gasteiger partial charge on any atom is -0.382 e. The van der Waals surface area contributed by atoms with Crippen molar-refractivity contribution in [3.8, 4) is 0 Å². The summed E-state index contributed by atoms with van der Waals surface area (Å²) in [5.74, 6) is 0.689. The van der Waals surface area contributed by atoms with E-state index in [0.29, 0.717) is 17.5 Å². The van der Waals surface area contributed by atoms with E-state index in [4.69, 9.17) is 0 Å².